The molecule has 0 aromatic heterocycles. The maximum absolute atomic E-state index is 12.3. The average Bonchev–Trinajstić information content (AvgIpc) is 2.49. The van der Waals surface area contributed by atoms with Crippen molar-refractivity contribution < 1.29 is 4.79 Å². The fraction of sp³-hybridized carbons (Fsp3) is 0.533. The molecular weight excluding hydrogens is 318 g/mol. The first kappa shape index (κ1) is 15.2. The molecule has 1 heterocycles. The molecule has 1 aliphatic heterocycles. The van der Waals surface area contributed by atoms with Gasteiger partial charge in [-0.1, -0.05) is 15.9 Å². The van der Waals surface area contributed by atoms with Gasteiger partial charge in [0.25, 0.3) is 0 Å². The Morgan fingerprint density at radius 3 is 2.15 bits per heavy atom. The number of hydrogen-bond acceptors (Lipinski definition) is 2. The fourth-order valence-corrected chi connectivity index (χ4v) is 2.77. The van der Waals surface area contributed by atoms with Crippen molar-refractivity contribution in [3.63, 3.8) is 0 Å². The van der Waals surface area contributed by atoms with E-state index in [-0.39, 0.29) is 6.03 Å². The van der Waals surface area contributed by atoms with E-state index in [0.29, 0.717) is 0 Å². The highest BCUT2D eigenvalue weighted by atomic mass is 79.9. The molecule has 1 saturated heterocycles. The summed E-state index contributed by atoms with van der Waals surface area (Å²) in [7, 11) is 0. The number of amides is 2. The van der Waals surface area contributed by atoms with E-state index in [0.717, 1.165) is 43.7 Å². The number of hydrogen-bond donors (Lipinski definition) is 0. The summed E-state index contributed by atoms with van der Waals surface area (Å²) < 4.78 is 1.09. The van der Waals surface area contributed by atoms with E-state index in [1.165, 1.54) is 5.69 Å². The predicted octanol–water partition coefficient (Wildman–Crippen LogP) is 3.03. The van der Waals surface area contributed by atoms with Gasteiger partial charge in [0, 0.05) is 49.4 Å². The molecule has 2 amide bonds. The first-order chi connectivity index (χ1) is 9.65. The summed E-state index contributed by atoms with van der Waals surface area (Å²) >= 11 is 3.45. The van der Waals surface area contributed by atoms with Gasteiger partial charge in [-0.25, -0.2) is 4.79 Å². The van der Waals surface area contributed by atoms with Gasteiger partial charge in [0.2, 0.25) is 0 Å². The molecule has 20 heavy (non-hydrogen) atoms. The summed E-state index contributed by atoms with van der Waals surface area (Å²) in [6, 6.07) is 8.52. The van der Waals surface area contributed by atoms with E-state index >= 15 is 0 Å². The average molecular weight is 340 g/mol. The molecule has 1 aromatic carbocycles. The van der Waals surface area contributed by atoms with Gasteiger partial charge in [-0.05, 0) is 38.1 Å². The van der Waals surface area contributed by atoms with Crippen molar-refractivity contribution in [2.45, 2.75) is 13.8 Å². The minimum absolute atomic E-state index is 0.172. The molecule has 0 radical (unpaired) electrons. The van der Waals surface area contributed by atoms with Gasteiger partial charge in [-0.3, -0.25) is 0 Å². The second kappa shape index (κ2) is 6.97. The zero-order chi connectivity index (χ0) is 14.5. The van der Waals surface area contributed by atoms with Crippen LogP contribution in [-0.2, 0) is 0 Å². The Morgan fingerprint density at radius 2 is 1.65 bits per heavy atom. The number of carbonyl (C=O) groups excluding carboxylic acids is 1. The zero-order valence-corrected chi connectivity index (χ0v) is 13.8. The van der Waals surface area contributed by atoms with Crippen LogP contribution in [0.1, 0.15) is 13.8 Å². The molecule has 0 unspecified atom stereocenters. The molecular formula is C15H22BrN3O. The van der Waals surface area contributed by atoms with E-state index in [9.17, 15) is 4.79 Å². The molecule has 1 fully saturated rings. The van der Waals surface area contributed by atoms with Gasteiger partial charge in [-0.2, -0.15) is 0 Å². The number of benzene rings is 1. The van der Waals surface area contributed by atoms with E-state index in [1.807, 2.05) is 23.6 Å². The molecule has 0 aliphatic carbocycles. The van der Waals surface area contributed by atoms with Crippen LogP contribution in [0.3, 0.4) is 0 Å². The van der Waals surface area contributed by atoms with Crippen LogP contribution in [0.25, 0.3) is 0 Å². The largest absolute Gasteiger partial charge is 0.368 e. The van der Waals surface area contributed by atoms with Crippen molar-refractivity contribution in [1.29, 1.82) is 0 Å². The summed E-state index contributed by atoms with van der Waals surface area (Å²) in [6.07, 6.45) is 0. The van der Waals surface area contributed by atoms with Crippen LogP contribution in [0.2, 0.25) is 0 Å². The van der Waals surface area contributed by atoms with Gasteiger partial charge in [-0.15, -0.1) is 0 Å². The van der Waals surface area contributed by atoms with Crippen LogP contribution in [0.5, 0.6) is 0 Å². The van der Waals surface area contributed by atoms with E-state index in [1.54, 1.807) is 0 Å². The van der Waals surface area contributed by atoms with Crippen LogP contribution in [0.4, 0.5) is 10.5 Å². The lowest BCUT2D eigenvalue weighted by Gasteiger charge is -2.38. The molecule has 2 rings (SSSR count). The predicted molar refractivity (Wildman–Crippen MR) is 86.2 cm³/mol. The molecule has 5 heteroatoms. The molecule has 0 saturated carbocycles. The Morgan fingerprint density at radius 1 is 1.10 bits per heavy atom. The number of nitrogens with zero attached hydrogens (tertiary/aromatic N) is 3. The minimum atomic E-state index is 0.172. The van der Waals surface area contributed by atoms with Crippen molar-refractivity contribution in [2.75, 3.05) is 44.2 Å². The molecule has 0 spiro atoms. The topological polar surface area (TPSA) is 26.8 Å². The number of anilines is 1. The maximum Gasteiger partial charge on any atom is 0.320 e. The Labute approximate surface area is 129 Å². The van der Waals surface area contributed by atoms with E-state index < -0.39 is 0 Å². The number of piperazine rings is 1. The Balaban J connectivity index is 1.92. The Hall–Kier alpha value is -1.23. The van der Waals surface area contributed by atoms with Gasteiger partial charge in [0.05, 0.1) is 0 Å². The standard InChI is InChI=1S/C15H22BrN3O/c1-3-17(4-2)15(20)19-11-9-18(10-12-19)14-7-5-13(16)6-8-14/h5-8H,3-4,9-12H2,1-2H3. The third kappa shape index (κ3) is 3.45. The number of urea groups is 1. The summed E-state index contributed by atoms with van der Waals surface area (Å²) in [5.74, 6) is 0. The van der Waals surface area contributed by atoms with Crippen LogP contribution in [0.15, 0.2) is 28.7 Å². The summed E-state index contributed by atoms with van der Waals surface area (Å²) in [5, 5.41) is 0. The molecule has 4 nitrogen and oxygen atoms in total. The van der Waals surface area contributed by atoms with Gasteiger partial charge in [0.1, 0.15) is 0 Å². The highest BCUT2D eigenvalue weighted by molar-refractivity contribution is 9.10. The lowest BCUT2D eigenvalue weighted by Crippen LogP contribution is -2.52. The summed E-state index contributed by atoms with van der Waals surface area (Å²) in [4.78, 5) is 18.5. The van der Waals surface area contributed by atoms with Crippen molar-refractivity contribution in [2.24, 2.45) is 0 Å². The van der Waals surface area contributed by atoms with Crippen LogP contribution < -0.4 is 4.90 Å². The number of halogens is 1. The first-order valence-electron chi connectivity index (χ1n) is 7.20. The van der Waals surface area contributed by atoms with Crippen molar-refractivity contribution in [3.05, 3.63) is 28.7 Å². The summed E-state index contributed by atoms with van der Waals surface area (Å²) in [5.41, 5.74) is 1.23. The zero-order valence-electron chi connectivity index (χ0n) is 12.2. The van der Waals surface area contributed by atoms with Crippen molar-refractivity contribution >= 4 is 27.6 Å². The number of rotatable bonds is 3. The second-order valence-electron chi connectivity index (χ2n) is 4.91. The quantitative estimate of drug-likeness (QED) is 0.846. The minimum Gasteiger partial charge on any atom is -0.368 e. The molecule has 0 atom stereocenters. The monoisotopic (exact) mass is 339 g/mol. The molecule has 0 N–H and O–H groups in total. The van der Waals surface area contributed by atoms with Crippen molar-refractivity contribution in [1.82, 2.24) is 9.80 Å². The van der Waals surface area contributed by atoms with E-state index in [2.05, 4.69) is 45.1 Å². The Bertz CT molecular complexity index is 437. The highest BCUT2D eigenvalue weighted by Crippen LogP contribution is 2.20. The molecule has 1 aromatic rings. The van der Waals surface area contributed by atoms with Crippen molar-refractivity contribution in [3.8, 4) is 0 Å². The van der Waals surface area contributed by atoms with Gasteiger partial charge >= 0.3 is 6.03 Å². The first-order valence-corrected chi connectivity index (χ1v) is 7.99. The lowest BCUT2D eigenvalue weighted by molar-refractivity contribution is 0.154. The van der Waals surface area contributed by atoms with Crippen LogP contribution in [0, 0.1) is 0 Å². The van der Waals surface area contributed by atoms with Gasteiger partial charge in [0.15, 0.2) is 0 Å². The van der Waals surface area contributed by atoms with Crippen LogP contribution >= 0.6 is 15.9 Å². The van der Waals surface area contributed by atoms with Gasteiger partial charge < -0.3 is 14.7 Å². The molecule has 110 valence electrons. The normalized spacial score (nSPS) is 15.3. The number of carbonyl (C=O) groups is 1. The third-order valence-corrected chi connectivity index (χ3v) is 4.30. The van der Waals surface area contributed by atoms with Crippen LogP contribution in [-0.4, -0.2) is 55.1 Å². The second-order valence-corrected chi connectivity index (χ2v) is 5.82. The SMILES string of the molecule is CCN(CC)C(=O)N1CCN(c2ccc(Br)cc2)CC1. The maximum atomic E-state index is 12.3. The lowest BCUT2D eigenvalue weighted by atomic mass is 10.2. The Kier molecular flexibility index (Phi) is 5.29. The van der Waals surface area contributed by atoms with E-state index in [4.69, 9.17) is 0 Å². The smallest absolute Gasteiger partial charge is 0.320 e. The third-order valence-electron chi connectivity index (χ3n) is 3.78. The molecule has 1 aliphatic rings. The highest BCUT2D eigenvalue weighted by Gasteiger charge is 2.23. The molecule has 0 bridgehead atoms. The fourth-order valence-electron chi connectivity index (χ4n) is 2.50. The summed E-state index contributed by atoms with van der Waals surface area (Å²) in [6.45, 7) is 9.00.